The number of nitrogens with zero attached hydrogens (tertiary/aromatic N) is 1. The lowest BCUT2D eigenvalue weighted by atomic mass is 10.2. The molecule has 3 N–H and O–H groups in total. The number of anilines is 2. The first-order chi connectivity index (χ1) is 6.81. The second kappa shape index (κ2) is 3.86. The molecule has 14 heavy (non-hydrogen) atoms. The molecule has 3 nitrogen and oxygen atoms in total. The van der Waals surface area contributed by atoms with Crippen molar-refractivity contribution in [1.29, 1.82) is 0 Å². The highest BCUT2D eigenvalue weighted by Crippen LogP contribution is 2.40. The average Bonchev–Trinajstić information content (AvgIpc) is 2.95. The third-order valence-corrected chi connectivity index (χ3v) is 2.96. The molecule has 1 saturated carbocycles. The van der Waals surface area contributed by atoms with Crippen molar-refractivity contribution in [2.75, 3.05) is 17.6 Å². The molecular formula is C11H17N3. The molecule has 1 aliphatic rings. The zero-order chi connectivity index (χ0) is 9.97. The van der Waals surface area contributed by atoms with Gasteiger partial charge in [-0.15, -0.1) is 0 Å². The fraction of sp³-hybridized carbons (Fsp3) is 0.545. The summed E-state index contributed by atoms with van der Waals surface area (Å²) < 4.78 is 0. The highest BCUT2D eigenvalue weighted by molar-refractivity contribution is 5.60. The summed E-state index contributed by atoms with van der Waals surface area (Å²) in [4.78, 5) is 4.19. The van der Waals surface area contributed by atoms with Gasteiger partial charge >= 0.3 is 0 Å². The van der Waals surface area contributed by atoms with E-state index >= 15 is 0 Å². The standard InChI is InChI=1S/C11H17N3/c1-2-8-6-9(8)7-14-11-10(12)4-3-5-13-11/h3-5,8-9H,2,6-7,12H2,1H3,(H,13,14). The number of rotatable bonds is 4. The zero-order valence-electron chi connectivity index (χ0n) is 8.53. The van der Waals surface area contributed by atoms with Crippen molar-refractivity contribution in [3.05, 3.63) is 18.3 Å². The number of hydrogen-bond acceptors (Lipinski definition) is 3. The minimum Gasteiger partial charge on any atom is -0.396 e. The van der Waals surface area contributed by atoms with Gasteiger partial charge in [-0.05, 0) is 30.4 Å². The molecule has 0 aromatic carbocycles. The van der Waals surface area contributed by atoms with E-state index in [1.807, 2.05) is 12.1 Å². The Kier molecular flexibility index (Phi) is 2.57. The van der Waals surface area contributed by atoms with Crippen molar-refractivity contribution in [3.8, 4) is 0 Å². The van der Waals surface area contributed by atoms with Crippen LogP contribution in [0.25, 0.3) is 0 Å². The quantitative estimate of drug-likeness (QED) is 0.766. The Morgan fingerprint density at radius 3 is 3.07 bits per heavy atom. The van der Waals surface area contributed by atoms with Crippen LogP contribution in [0.4, 0.5) is 11.5 Å². The van der Waals surface area contributed by atoms with Gasteiger partial charge in [0, 0.05) is 12.7 Å². The summed E-state index contributed by atoms with van der Waals surface area (Å²) in [5, 5.41) is 3.30. The third kappa shape index (κ3) is 1.97. The summed E-state index contributed by atoms with van der Waals surface area (Å²) in [6, 6.07) is 3.73. The van der Waals surface area contributed by atoms with E-state index in [0.717, 1.165) is 29.9 Å². The summed E-state index contributed by atoms with van der Waals surface area (Å²) in [5.41, 5.74) is 6.51. The number of aromatic nitrogens is 1. The minimum absolute atomic E-state index is 0.737. The van der Waals surface area contributed by atoms with E-state index in [9.17, 15) is 0 Å². The highest BCUT2D eigenvalue weighted by atomic mass is 15.0. The third-order valence-electron chi connectivity index (χ3n) is 2.96. The maximum absolute atomic E-state index is 5.77. The summed E-state index contributed by atoms with van der Waals surface area (Å²) in [6.07, 6.45) is 4.42. The van der Waals surface area contributed by atoms with Crippen LogP contribution in [-0.2, 0) is 0 Å². The summed E-state index contributed by atoms with van der Waals surface area (Å²) in [7, 11) is 0. The summed E-state index contributed by atoms with van der Waals surface area (Å²) in [5.74, 6) is 2.59. The molecule has 0 bridgehead atoms. The van der Waals surface area contributed by atoms with Crippen LogP contribution in [0, 0.1) is 11.8 Å². The van der Waals surface area contributed by atoms with Crippen LogP contribution in [-0.4, -0.2) is 11.5 Å². The number of nitrogen functional groups attached to an aromatic ring is 1. The second-order valence-corrected chi connectivity index (χ2v) is 3.99. The second-order valence-electron chi connectivity index (χ2n) is 3.99. The van der Waals surface area contributed by atoms with E-state index in [1.165, 1.54) is 12.8 Å². The molecule has 3 heteroatoms. The largest absolute Gasteiger partial charge is 0.396 e. The fourth-order valence-electron chi connectivity index (χ4n) is 1.85. The van der Waals surface area contributed by atoms with Gasteiger partial charge in [0.1, 0.15) is 5.82 Å². The van der Waals surface area contributed by atoms with Gasteiger partial charge in [0.2, 0.25) is 0 Å². The Morgan fingerprint density at radius 2 is 2.43 bits per heavy atom. The van der Waals surface area contributed by atoms with Gasteiger partial charge in [0.05, 0.1) is 5.69 Å². The van der Waals surface area contributed by atoms with Crippen LogP contribution < -0.4 is 11.1 Å². The maximum atomic E-state index is 5.77. The molecule has 0 radical (unpaired) electrons. The van der Waals surface area contributed by atoms with Crippen molar-refractivity contribution < 1.29 is 0 Å². The maximum Gasteiger partial charge on any atom is 0.149 e. The lowest BCUT2D eigenvalue weighted by Gasteiger charge is -2.06. The zero-order valence-corrected chi connectivity index (χ0v) is 8.53. The van der Waals surface area contributed by atoms with Gasteiger partial charge in [-0.25, -0.2) is 4.98 Å². The van der Waals surface area contributed by atoms with Gasteiger partial charge in [-0.2, -0.15) is 0 Å². The predicted octanol–water partition coefficient (Wildman–Crippen LogP) is 2.12. The predicted molar refractivity (Wildman–Crippen MR) is 59.0 cm³/mol. The van der Waals surface area contributed by atoms with Crippen molar-refractivity contribution in [2.45, 2.75) is 19.8 Å². The Labute approximate surface area is 84.7 Å². The Morgan fingerprint density at radius 1 is 1.57 bits per heavy atom. The van der Waals surface area contributed by atoms with Crippen molar-refractivity contribution >= 4 is 11.5 Å². The van der Waals surface area contributed by atoms with Crippen LogP contribution in [0.2, 0.25) is 0 Å². The highest BCUT2D eigenvalue weighted by Gasteiger charge is 2.34. The molecule has 1 fully saturated rings. The average molecular weight is 191 g/mol. The van der Waals surface area contributed by atoms with E-state index in [0.29, 0.717) is 0 Å². The fourth-order valence-corrected chi connectivity index (χ4v) is 1.85. The van der Waals surface area contributed by atoms with E-state index in [-0.39, 0.29) is 0 Å². The van der Waals surface area contributed by atoms with E-state index in [4.69, 9.17) is 5.73 Å². The first-order valence-corrected chi connectivity index (χ1v) is 5.25. The van der Waals surface area contributed by atoms with Crippen molar-refractivity contribution in [2.24, 2.45) is 11.8 Å². The SMILES string of the molecule is CCC1CC1CNc1ncccc1N. The van der Waals surface area contributed by atoms with Crippen LogP contribution in [0.5, 0.6) is 0 Å². The first kappa shape index (κ1) is 9.31. The van der Waals surface area contributed by atoms with E-state index < -0.39 is 0 Å². The number of nitrogens with two attached hydrogens (primary N) is 1. The molecule has 0 aliphatic heterocycles. The van der Waals surface area contributed by atoms with E-state index in [2.05, 4.69) is 17.2 Å². The molecule has 0 saturated heterocycles. The van der Waals surface area contributed by atoms with Gasteiger partial charge in [-0.3, -0.25) is 0 Å². The molecule has 2 rings (SSSR count). The van der Waals surface area contributed by atoms with Crippen molar-refractivity contribution in [1.82, 2.24) is 4.98 Å². The molecule has 76 valence electrons. The minimum atomic E-state index is 0.737. The Bertz CT molecular complexity index is 311. The first-order valence-electron chi connectivity index (χ1n) is 5.25. The smallest absolute Gasteiger partial charge is 0.149 e. The van der Waals surface area contributed by atoms with Gasteiger partial charge in [0.15, 0.2) is 0 Å². The number of hydrogen-bond donors (Lipinski definition) is 2. The van der Waals surface area contributed by atoms with Gasteiger partial charge in [0.25, 0.3) is 0 Å². The monoisotopic (exact) mass is 191 g/mol. The molecule has 2 unspecified atom stereocenters. The van der Waals surface area contributed by atoms with Crippen LogP contribution in [0.1, 0.15) is 19.8 Å². The number of nitrogens with one attached hydrogen (secondary N) is 1. The Balaban J connectivity index is 1.84. The molecule has 1 aromatic rings. The van der Waals surface area contributed by atoms with Crippen LogP contribution in [0.3, 0.4) is 0 Å². The van der Waals surface area contributed by atoms with Gasteiger partial charge < -0.3 is 11.1 Å². The molecular weight excluding hydrogens is 174 g/mol. The lowest BCUT2D eigenvalue weighted by molar-refractivity contribution is 0.700. The molecule has 0 spiro atoms. The molecule has 2 atom stereocenters. The topological polar surface area (TPSA) is 50.9 Å². The Hall–Kier alpha value is -1.25. The molecule has 1 aliphatic carbocycles. The van der Waals surface area contributed by atoms with Crippen LogP contribution in [0.15, 0.2) is 18.3 Å². The lowest BCUT2D eigenvalue weighted by Crippen LogP contribution is -2.08. The summed E-state index contributed by atoms with van der Waals surface area (Å²) >= 11 is 0. The number of pyridine rings is 1. The molecule has 1 aromatic heterocycles. The van der Waals surface area contributed by atoms with Gasteiger partial charge in [-0.1, -0.05) is 13.3 Å². The summed E-state index contributed by atoms with van der Waals surface area (Å²) in [6.45, 7) is 3.26. The normalized spacial score (nSPS) is 24.6. The van der Waals surface area contributed by atoms with Crippen LogP contribution >= 0.6 is 0 Å². The van der Waals surface area contributed by atoms with Crippen molar-refractivity contribution in [3.63, 3.8) is 0 Å². The van der Waals surface area contributed by atoms with E-state index in [1.54, 1.807) is 6.20 Å². The molecule has 1 heterocycles. The molecule has 0 amide bonds.